The van der Waals surface area contributed by atoms with Gasteiger partial charge in [-0.15, -0.1) is 0 Å². The van der Waals surface area contributed by atoms with Gasteiger partial charge in [0.1, 0.15) is 6.04 Å². The number of carbonyl (C=O) groups is 2. The highest BCUT2D eigenvalue weighted by Gasteiger charge is 2.22. The predicted octanol–water partition coefficient (Wildman–Crippen LogP) is 2.97. The molecule has 0 radical (unpaired) electrons. The van der Waals surface area contributed by atoms with Crippen LogP contribution >= 0.6 is 0 Å². The van der Waals surface area contributed by atoms with Crippen LogP contribution in [0.15, 0.2) is 42.6 Å². The number of methoxy groups -OCH3 is 1. The van der Waals surface area contributed by atoms with Gasteiger partial charge in [-0.1, -0.05) is 38.1 Å². The molecule has 5 nitrogen and oxygen atoms in total. The second-order valence-electron chi connectivity index (χ2n) is 6.18. The lowest BCUT2D eigenvalue weighted by Crippen LogP contribution is -2.42. The maximum Gasteiger partial charge on any atom is 0.328 e. The Morgan fingerprint density at radius 1 is 1.29 bits per heavy atom. The highest BCUT2D eigenvalue weighted by atomic mass is 16.5. The van der Waals surface area contributed by atoms with Crippen molar-refractivity contribution in [1.29, 1.82) is 0 Å². The average Bonchev–Trinajstić information content (AvgIpc) is 2.96. The maximum atomic E-state index is 12.0. The first kappa shape index (κ1) is 17.8. The van der Waals surface area contributed by atoms with Crippen LogP contribution in [0.25, 0.3) is 10.9 Å². The zero-order valence-corrected chi connectivity index (χ0v) is 14.3. The molecule has 128 valence electrons. The molecule has 0 fully saturated rings. The Hall–Kier alpha value is -2.56. The predicted molar refractivity (Wildman–Crippen MR) is 94.5 cm³/mol. The second-order valence-corrected chi connectivity index (χ2v) is 6.18. The maximum absolute atomic E-state index is 12.0. The molecule has 1 aromatic heterocycles. The SMILES string of the molecule is COC(=O)C(Cc1c[nH]c2ccccc12)NC(=O)/C=C/CC(C)C. The van der Waals surface area contributed by atoms with E-state index in [0.717, 1.165) is 22.9 Å². The number of ether oxygens (including phenoxy) is 1. The molecule has 0 aliphatic heterocycles. The number of H-pyrrole nitrogens is 1. The number of benzene rings is 1. The number of hydrogen-bond donors (Lipinski definition) is 2. The van der Waals surface area contributed by atoms with Gasteiger partial charge in [0.05, 0.1) is 7.11 Å². The summed E-state index contributed by atoms with van der Waals surface area (Å²) < 4.78 is 4.83. The summed E-state index contributed by atoms with van der Waals surface area (Å²) >= 11 is 0. The van der Waals surface area contributed by atoms with Gasteiger partial charge < -0.3 is 15.0 Å². The Balaban J connectivity index is 2.10. The van der Waals surface area contributed by atoms with Crippen LogP contribution in [0.1, 0.15) is 25.8 Å². The number of allylic oxidation sites excluding steroid dienone is 1. The second kappa shape index (κ2) is 8.34. The fourth-order valence-electron chi connectivity index (χ4n) is 2.52. The number of fused-ring (bicyclic) bond motifs is 1. The third-order valence-corrected chi connectivity index (χ3v) is 3.78. The number of aromatic nitrogens is 1. The summed E-state index contributed by atoms with van der Waals surface area (Å²) in [7, 11) is 1.32. The zero-order valence-electron chi connectivity index (χ0n) is 14.3. The van der Waals surface area contributed by atoms with Crippen LogP contribution in [0.5, 0.6) is 0 Å². The van der Waals surface area contributed by atoms with Crippen molar-refractivity contribution < 1.29 is 14.3 Å². The molecular formula is C19H24N2O3. The summed E-state index contributed by atoms with van der Waals surface area (Å²) in [5.74, 6) is -0.256. The van der Waals surface area contributed by atoms with Gasteiger partial charge in [0.15, 0.2) is 0 Å². The Bertz CT molecular complexity index is 731. The molecule has 0 saturated carbocycles. The lowest BCUT2D eigenvalue weighted by atomic mass is 10.0. The fourth-order valence-corrected chi connectivity index (χ4v) is 2.52. The van der Waals surface area contributed by atoms with Gasteiger partial charge in [0.25, 0.3) is 0 Å². The average molecular weight is 328 g/mol. The Morgan fingerprint density at radius 2 is 2.04 bits per heavy atom. The first-order chi connectivity index (χ1) is 11.5. The first-order valence-electron chi connectivity index (χ1n) is 8.11. The van der Waals surface area contributed by atoms with Gasteiger partial charge >= 0.3 is 5.97 Å². The van der Waals surface area contributed by atoms with Gasteiger partial charge in [0.2, 0.25) is 5.91 Å². The molecule has 2 rings (SSSR count). The van der Waals surface area contributed by atoms with Crippen molar-refractivity contribution in [2.75, 3.05) is 7.11 Å². The van der Waals surface area contributed by atoms with E-state index >= 15 is 0 Å². The summed E-state index contributed by atoms with van der Waals surface area (Å²) in [4.78, 5) is 27.2. The minimum absolute atomic E-state index is 0.286. The number of nitrogens with one attached hydrogen (secondary N) is 2. The molecule has 2 aromatic rings. The first-order valence-corrected chi connectivity index (χ1v) is 8.11. The zero-order chi connectivity index (χ0) is 17.5. The van der Waals surface area contributed by atoms with E-state index in [1.165, 1.54) is 13.2 Å². The van der Waals surface area contributed by atoms with Crippen LogP contribution in [-0.2, 0) is 20.7 Å². The van der Waals surface area contributed by atoms with Crippen molar-refractivity contribution in [2.24, 2.45) is 5.92 Å². The number of rotatable bonds is 7. The van der Waals surface area contributed by atoms with E-state index < -0.39 is 12.0 Å². The van der Waals surface area contributed by atoms with E-state index in [-0.39, 0.29) is 5.91 Å². The summed E-state index contributed by atoms with van der Waals surface area (Å²) in [5.41, 5.74) is 1.96. The van der Waals surface area contributed by atoms with Gasteiger partial charge in [-0.3, -0.25) is 4.79 Å². The number of carbonyl (C=O) groups excluding carboxylic acids is 2. The molecule has 1 aromatic carbocycles. The molecule has 5 heteroatoms. The van der Waals surface area contributed by atoms with Crippen LogP contribution in [0.4, 0.5) is 0 Å². The van der Waals surface area contributed by atoms with Crippen molar-refractivity contribution in [3.8, 4) is 0 Å². The topological polar surface area (TPSA) is 71.2 Å². The molecule has 0 aliphatic carbocycles. The molecule has 0 saturated heterocycles. The number of esters is 1. The number of amides is 1. The molecule has 1 heterocycles. The molecule has 1 atom stereocenters. The third-order valence-electron chi connectivity index (χ3n) is 3.78. The van der Waals surface area contributed by atoms with Crippen LogP contribution in [0, 0.1) is 5.92 Å². The lowest BCUT2D eigenvalue weighted by Gasteiger charge is -2.15. The monoisotopic (exact) mass is 328 g/mol. The minimum Gasteiger partial charge on any atom is -0.467 e. The Labute approximate surface area is 142 Å². The van der Waals surface area contributed by atoms with Crippen molar-refractivity contribution in [3.05, 3.63) is 48.2 Å². The third kappa shape index (κ3) is 4.72. The molecule has 2 N–H and O–H groups in total. The fraction of sp³-hybridized carbons (Fsp3) is 0.368. The Morgan fingerprint density at radius 3 is 2.75 bits per heavy atom. The normalized spacial score (nSPS) is 12.7. The molecule has 1 amide bonds. The summed E-state index contributed by atoms with van der Waals surface area (Å²) in [6.07, 6.45) is 6.35. The lowest BCUT2D eigenvalue weighted by molar-refractivity contribution is -0.144. The number of aromatic amines is 1. The van der Waals surface area contributed by atoms with E-state index in [4.69, 9.17) is 4.74 Å². The summed E-state index contributed by atoms with van der Waals surface area (Å²) in [6, 6.07) is 7.13. The quantitative estimate of drug-likeness (QED) is 0.606. The van der Waals surface area contributed by atoms with E-state index in [0.29, 0.717) is 12.3 Å². The van der Waals surface area contributed by atoms with Crippen molar-refractivity contribution in [1.82, 2.24) is 10.3 Å². The minimum atomic E-state index is -0.717. The molecule has 24 heavy (non-hydrogen) atoms. The molecule has 0 spiro atoms. The van der Waals surface area contributed by atoms with Crippen LogP contribution in [0.2, 0.25) is 0 Å². The standard InChI is InChI=1S/C19H24N2O3/c1-13(2)7-6-10-18(22)21-17(19(23)24-3)11-14-12-20-16-9-5-4-8-15(14)16/h4-6,8-10,12-13,17,20H,7,11H2,1-3H3,(H,21,22)/b10-6+. The van der Waals surface area contributed by atoms with Crippen LogP contribution in [-0.4, -0.2) is 30.0 Å². The van der Waals surface area contributed by atoms with Gasteiger partial charge in [0, 0.05) is 23.5 Å². The van der Waals surface area contributed by atoms with Crippen molar-refractivity contribution in [2.45, 2.75) is 32.7 Å². The molecule has 0 aliphatic rings. The number of para-hydroxylation sites is 1. The van der Waals surface area contributed by atoms with Gasteiger partial charge in [-0.25, -0.2) is 4.79 Å². The largest absolute Gasteiger partial charge is 0.467 e. The van der Waals surface area contributed by atoms with E-state index in [1.54, 1.807) is 0 Å². The van der Waals surface area contributed by atoms with Crippen LogP contribution < -0.4 is 5.32 Å². The number of hydrogen-bond acceptors (Lipinski definition) is 3. The molecule has 0 bridgehead atoms. The van der Waals surface area contributed by atoms with Gasteiger partial charge in [-0.2, -0.15) is 0 Å². The summed E-state index contributed by atoms with van der Waals surface area (Å²) in [5, 5.41) is 3.77. The van der Waals surface area contributed by atoms with Crippen molar-refractivity contribution >= 4 is 22.8 Å². The smallest absolute Gasteiger partial charge is 0.328 e. The molecular weight excluding hydrogens is 304 g/mol. The highest BCUT2D eigenvalue weighted by molar-refractivity contribution is 5.92. The van der Waals surface area contributed by atoms with E-state index in [2.05, 4.69) is 24.1 Å². The highest BCUT2D eigenvalue weighted by Crippen LogP contribution is 2.19. The van der Waals surface area contributed by atoms with E-state index in [9.17, 15) is 9.59 Å². The Kier molecular flexibility index (Phi) is 6.18. The van der Waals surface area contributed by atoms with Gasteiger partial charge in [-0.05, 0) is 30.0 Å². The van der Waals surface area contributed by atoms with Crippen molar-refractivity contribution in [3.63, 3.8) is 0 Å². The summed E-state index contributed by atoms with van der Waals surface area (Å²) in [6.45, 7) is 4.16. The molecule has 1 unspecified atom stereocenters. The van der Waals surface area contributed by atoms with Crippen LogP contribution in [0.3, 0.4) is 0 Å². The van der Waals surface area contributed by atoms with E-state index in [1.807, 2.05) is 36.5 Å².